The quantitative estimate of drug-likeness (QED) is 0.438. The summed E-state index contributed by atoms with van der Waals surface area (Å²) < 4.78 is 6.61. The predicted octanol–water partition coefficient (Wildman–Crippen LogP) is 2.54. The van der Waals surface area contributed by atoms with Gasteiger partial charge in [0.05, 0.1) is 12.2 Å². The Kier molecular flexibility index (Phi) is 4.98. The molecule has 0 atom stereocenters. The largest absolute Gasteiger partial charge is 0.493 e. The topological polar surface area (TPSA) is 93.0 Å². The van der Waals surface area contributed by atoms with Crippen LogP contribution in [0.4, 0.5) is 0 Å². The van der Waals surface area contributed by atoms with Crippen molar-refractivity contribution in [1.29, 1.82) is 0 Å². The van der Waals surface area contributed by atoms with E-state index in [9.17, 15) is 4.79 Å². The van der Waals surface area contributed by atoms with Crippen LogP contribution in [0.5, 0.6) is 5.75 Å². The first-order valence-corrected chi connectivity index (χ1v) is 7.36. The minimum absolute atomic E-state index is 0.391. The Morgan fingerprint density at radius 2 is 2.29 bits per heavy atom. The van der Waals surface area contributed by atoms with Crippen molar-refractivity contribution >= 4 is 21.8 Å². The van der Waals surface area contributed by atoms with E-state index in [1.165, 1.54) is 0 Å². The van der Waals surface area contributed by atoms with Crippen LogP contribution in [-0.4, -0.2) is 22.7 Å². The summed E-state index contributed by atoms with van der Waals surface area (Å²) in [7, 11) is 0. The van der Waals surface area contributed by atoms with Crippen molar-refractivity contribution in [2.45, 2.75) is 20.3 Å². The molecule has 0 unspecified atom stereocenters. The number of carbonyl (C=O) groups is 1. The molecule has 7 heteroatoms. The highest BCUT2D eigenvalue weighted by Gasteiger charge is 2.21. The predicted molar refractivity (Wildman–Crippen MR) is 83.9 cm³/mol. The number of nitrogens with one attached hydrogen (secondary N) is 2. The van der Waals surface area contributed by atoms with Gasteiger partial charge in [-0.15, -0.1) is 0 Å². The van der Waals surface area contributed by atoms with E-state index in [4.69, 9.17) is 10.6 Å². The Balaban J connectivity index is 2.55. The van der Waals surface area contributed by atoms with E-state index in [1.807, 2.05) is 25.1 Å². The number of H-pyrrole nitrogens is 1. The van der Waals surface area contributed by atoms with Gasteiger partial charge in [0.2, 0.25) is 0 Å². The number of nitrogen functional groups attached to an aromatic ring is 1. The maximum Gasteiger partial charge on any atom is 0.269 e. The molecule has 1 aromatic carbocycles. The molecule has 21 heavy (non-hydrogen) atoms. The minimum atomic E-state index is -0.391. The molecule has 0 saturated carbocycles. The van der Waals surface area contributed by atoms with Gasteiger partial charge in [0.1, 0.15) is 11.4 Å². The maximum atomic E-state index is 12.0. The number of ether oxygens (including phenoxy) is 1. The standard InChI is InChI=1S/C14H17BrN4O2/c1-3-6-21-11-5-4-9(15)7-10(11)13-12(14(20)17-16)8(2)18-19-13/h4-5,7H,3,6,16H2,1-2H3,(H,17,20)(H,18,19). The molecule has 0 fully saturated rings. The highest BCUT2D eigenvalue weighted by molar-refractivity contribution is 9.10. The molecule has 1 aromatic heterocycles. The molecule has 0 aliphatic rings. The Morgan fingerprint density at radius 3 is 2.95 bits per heavy atom. The summed E-state index contributed by atoms with van der Waals surface area (Å²) in [5, 5.41) is 7.04. The average Bonchev–Trinajstić information content (AvgIpc) is 2.86. The summed E-state index contributed by atoms with van der Waals surface area (Å²) in [6.45, 7) is 4.40. The second-order valence-corrected chi connectivity index (χ2v) is 5.45. The smallest absolute Gasteiger partial charge is 0.269 e. The Labute approximate surface area is 131 Å². The normalized spacial score (nSPS) is 10.5. The molecule has 1 amide bonds. The molecule has 0 spiro atoms. The van der Waals surface area contributed by atoms with Crippen molar-refractivity contribution in [3.8, 4) is 17.0 Å². The van der Waals surface area contributed by atoms with Crippen LogP contribution < -0.4 is 16.0 Å². The van der Waals surface area contributed by atoms with Crippen LogP contribution in [0.2, 0.25) is 0 Å². The number of aromatic nitrogens is 2. The van der Waals surface area contributed by atoms with E-state index >= 15 is 0 Å². The number of hydrogen-bond donors (Lipinski definition) is 3. The Hall–Kier alpha value is -1.86. The van der Waals surface area contributed by atoms with Gasteiger partial charge in [-0.25, -0.2) is 5.84 Å². The van der Waals surface area contributed by atoms with Crippen molar-refractivity contribution in [3.05, 3.63) is 33.9 Å². The van der Waals surface area contributed by atoms with E-state index in [2.05, 4.69) is 31.6 Å². The first kappa shape index (κ1) is 15.5. The lowest BCUT2D eigenvalue weighted by atomic mass is 10.0. The van der Waals surface area contributed by atoms with Gasteiger partial charge >= 0.3 is 0 Å². The van der Waals surface area contributed by atoms with Gasteiger partial charge in [-0.05, 0) is 31.5 Å². The number of nitrogens with two attached hydrogens (primary N) is 1. The van der Waals surface area contributed by atoms with Crippen LogP contribution in [0.15, 0.2) is 22.7 Å². The number of halogens is 1. The molecule has 0 saturated heterocycles. The number of aromatic amines is 1. The summed E-state index contributed by atoms with van der Waals surface area (Å²) in [6.07, 6.45) is 0.894. The highest BCUT2D eigenvalue weighted by Crippen LogP contribution is 2.34. The Bertz CT molecular complexity index is 654. The number of rotatable bonds is 5. The molecule has 0 aliphatic heterocycles. The van der Waals surface area contributed by atoms with Gasteiger partial charge in [0.15, 0.2) is 0 Å². The second-order valence-electron chi connectivity index (χ2n) is 4.53. The number of amides is 1. The fraction of sp³-hybridized carbons (Fsp3) is 0.286. The van der Waals surface area contributed by atoms with Gasteiger partial charge in [0.25, 0.3) is 5.91 Å². The number of hydrazine groups is 1. The van der Waals surface area contributed by atoms with E-state index in [1.54, 1.807) is 6.92 Å². The van der Waals surface area contributed by atoms with E-state index in [0.29, 0.717) is 29.3 Å². The van der Waals surface area contributed by atoms with Crippen LogP contribution in [0.1, 0.15) is 29.4 Å². The van der Waals surface area contributed by atoms with Crippen molar-refractivity contribution in [2.75, 3.05) is 6.61 Å². The molecule has 2 rings (SSSR count). The third-order valence-corrected chi connectivity index (χ3v) is 3.46. The van der Waals surface area contributed by atoms with Crippen molar-refractivity contribution in [3.63, 3.8) is 0 Å². The van der Waals surface area contributed by atoms with Crippen molar-refractivity contribution in [2.24, 2.45) is 5.84 Å². The molecule has 6 nitrogen and oxygen atoms in total. The monoisotopic (exact) mass is 352 g/mol. The average molecular weight is 353 g/mol. The lowest BCUT2D eigenvalue weighted by Crippen LogP contribution is -2.30. The minimum Gasteiger partial charge on any atom is -0.493 e. The number of benzene rings is 1. The van der Waals surface area contributed by atoms with Crippen molar-refractivity contribution < 1.29 is 9.53 Å². The Morgan fingerprint density at radius 1 is 1.52 bits per heavy atom. The van der Waals surface area contributed by atoms with Crippen LogP contribution in [0.3, 0.4) is 0 Å². The lowest BCUT2D eigenvalue weighted by molar-refractivity contribution is 0.0954. The number of carbonyl (C=O) groups excluding carboxylic acids is 1. The summed E-state index contributed by atoms with van der Waals surface area (Å²) in [4.78, 5) is 12.0. The fourth-order valence-corrected chi connectivity index (χ4v) is 2.36. The molecule has 0 aliphatic carbocycles. The van der Waals surface area contributed by atoms with E-state index in [-0.39, 0.29) is 0 Å². The lowest BCUT2D eigenvalue weighted by Gasteiger charge is -2.11. The number of nitrogens with zero attached hydrogens (tertiary/aromatic N) is 1. The first-order valence-electron chi connectivity index (χ1n) is 6.57. The van der Waals surface area contributed by atoms with Gasteiger partial charge in [-0.1, -0.05) is 22.9 Å². The number of aryl methyl sites for hydroxylation is 1. The van der Waals surface area contributed by atoms with Gasteiger partial charge < -0.3 is 4.74 Å². The van der Waals surface area contributed by atoms with E-state index in [0.717, 1.165) is 16.5 Å². The summed E-state index contributed by atoms with van der Waals surface area (Å²) in [6, 6.07) is 5.60. The maximum absolute atomic E-state index is 12.0. The fourth-order valence-electron chi connectivity index (χ4n) is 2.00. The summed E-state index contributed by atoms with van der Waals surface area (Å²) >= 11 is 3.43. The zero-order chi connectivity index (χ0) is 15.4. The zero-order valence-electron chi connectivity index (χ0n) is 11.9. The highest BCUT2D eigenvalue weighted by atomic mass is 79.9. The van der Waals surface area contributed by atoms with Gasteiger partial charge in [-0.3, -0.25) is 15.3 Å². The molecule has 112 valence electrons. The second kappa shape index (κ2) is 6.73. The summed E-state index contributed by atoms with van der Waals surface area (Å²) in [5.41, 5.74) is 4.46. The molecule has 0 radical (unpaired) electrons. The zero-order valence-corrected chi connectivity index (χ0v) is 13.5. The third kappa shape index (κ3) is 3.25. The SMILES string of the molecule is CCCOc1ccc(Br)cc1-c1n[nH]c(C)c1C(=O)NN. The summed E-state index contributed by atoms with van der Waals surface area (Å²) in [5.74, 6) is 5.53. The third-order valence-electron chi connectivity index (χ3n) is 2.96. The van der Waals surface area contributed by atoms with Crippen LogP contribution in [-0.2, 0) is 0 Å². The van der Waals surface area contributed by atoms with Gasteiger partial charge in [0, 0.05) is 15.7 Å². The molecule has 0 bridgehead atoms. The first-order chi connectivity index (χ1) is 10.1. The number of hydrogen-bond acceptors (Lipinski definition) is 4. The van der Waals surface area contributed by atoms with Crippen molar-refractivity contribution in [1.82, 2.24) is 15.6 Å². The van der Waals surface area contributed by atoms with Crippen LogP contribution >= 0.6 is 15.9 Å². The molecular weight excluding hydrogens is 336 g/mol. The van der Waals surface area contributed by atoms with E-state index < -0.39 is 5.91 Å². The molecule has 1 heterocycles. The van der Waals surface area contributed by atoms with Gasteiger partial charge in [-0.2, -0.15) is 5.10 Å². The molecule has 4 N–H and O–H groups in total. The van der Waals surface area contributed by atoms with Crippen LogP contribution in [0.25, 0.3) is 11.3 Å². The molecule has 2 aromatic rings. The van der Waals surface area contributed by atoms with Crippen LogP contribution in [0, 0.1) is 6.92 Å². The molecular formula is C14H17BrN4O2.